The van der Waals surface area contributed by atoms with Crippen LogP contribution in [-0.4, -0.2) is 68.5 Å². The molecule has 414 valence electrons. The lowest BCUT2D eigenvalue weighted by Crippen LogP contribution is -2.45. The van der Waals surface area contributed by atoms with Gasteiger partial charge in [0.05, 0.1) is 39.9 Å². The summed E-state index contributed by atoms with van der Waals surface area (Å²) in [5.41, 5.74) is 0. The molecule has 70 heavy (non-hydrogen) atoms. The average molecular weight is 1010 g/mol. The van der Waals surface area contributed by atoms with E-state index in [0.29, 0.717) is 17.4 Å². The summed E-state index contributed by atoms with van der Waals surface area (Å²) in [6.07, 6.45) is 68.1. The minimum absolute atomic E-state index is 0.00728. The molecule has 0 aromatic rings. The van der Waals surface area contributed by atoms with Crippen molar-refractivity contribution in [2.24, 2.45) is 0 Å². The number of amides is 1. The highest BCUT2D eigenvalue weighted by Gasteiger charge is 2.23. The topological polar surface area (TPSA) is 108 Å². The van der Waals surface area contributed by atoms with E-state index in [1.54, 1.807) is 6.08 Å². The molecule has 0 fully saturated rings. The van der Waals surface area contributed by atoms with Gasteiger partial charge in [0.2, 0.25) is 5.91 Å². The smallest absolute Gasteiger partial charge is 0.268 e. The summed E-state index contributed by atoms with van der Waals surface area (Å²) < 4.78 is 23.4. The number of phosphoric acid groups is 1. The predicted molar refractivity (Wildman–Crippen MR) is 302 cm³/mol. The minimum Gasteiger partial charge on any atom is -0.756 e. The van der Waals surface area contributed by atoms with Crippen LogP contribution in [0.5, 0.6) is 0 Å². The monoisotopic (exact) mass is 1010 g/mol. The highest BCUT2D eigenvalue weighted by molar-refractivity contribution is 7.45. The van der Waals surface area contributed by atoms with Crippen LogP contribution in [0.4, 0.5) is 0 Å². The van der Waals surface area contributed by atoms with Crippen LogP contribution in [0, 0.1) is 0 Å². The van der Waals surface area contributed by atoms with Crippen molar-refractivity contribution in [1.82, 2.24) is 5.32 Å². The molecule has 1 amide bonds. The summed E-state index contributed by atoms with van der Waals surface area (Å²) in [5.74, 6) is -0.205. The molecule has 0 aromatic carbocycles. The quantitative estimate of drug-likeness (QED) is 0.0272. The second-order valence-corrected chi connectivity index (χ2v) is 23.5. The van der Waals surface area contributed by atoms with Crippen molar-refractivity contribution in [3.63, 3.8) is 0 Å². The molecular weight excluding hydrogens is 888 g/mol. The molecule has 0 radical (unpaired) electrons. The fourth-order valence-electron chi connectivity index (χ4n) is 9.07. The van der Waals surface area contributed by atoms with Crippen LogP contribution in [-0.2, 0) is 18.4 Å². The number of allylic oxidation sites excluding steroid dienone is 5. The Hall–Kier alpha value is -1.28. The van der Waals surface area contributed by atoms with E-state index in [2.05, 4.69) is 43.5 Å². The first kappa shape index (κ1) is 68.7. The fourth-order valence-corrected chi connectivity index (χ4v) is 9.79. The first-order valence-electron chi connectivity index (χ1n) is 30.4. The molecule has 0 heterocycles. The summed E-state index contributed by atoms with van der Waals surface area (Å²) in [7, 11) is 1.25. The van der Waals surface area contributed by atoms with Crippen LogP contribution in [0.1, 0.15) is 296 Å². The van der Waals surface area contributed by atoms with Gasteiger partial charge in [0, 0.05) is 6.42 Å². The van der Waals surface area contributed by atoms with Crippen molar-refractivity contribution in [1.29, 1.82) is 0 Å². The van der Waals surface area contributed by atoms with Gasteiger partial charge in [0.15, 0.2) is 0 Å². The number of carbonyl (C=O) groups is 1. The first-order valence-corrected chi connectivity index (χ1v) is 31.8. The molecule has 3 unspecified atom stereocenters. The average Bonchev–Trinajstić information content (AvgIpc) is 3.32. The number of unbranched alkanes of at least 4 members (excludes halogenated alkanes) is 39. The van der Waals surface area contributed by atoms with Gasteiger partial charge in [-0.25, -0.2) is 0 Å². The van der Waals surface area contributed by atoms with E-state index in [-0.39, 0.29) is 12.5 Å². The maximum Gasteiger partial charge on any atom is 0.268 e. The van der Waals surface area contributed by atoms with Crippen LogP contribution in [0.25, 0.3) is 0 Å². The molecule has 3 atom stereocenters. The molecule has 9 heteroatoms. The van der Waals surface area contributed by atoms with Gasteiger partial charge in [0.25, 0.3) is 7.82 Å². The zero-order valence-corrected chi connectivity index (χ0v) is 48.1. The van der Waals surface area contributed by atoms with E-state index in [9.17, 15) is 19.4 Å². The summed E-state index contributed by atoms with van der Waals surface area (Å²) in [4.78, 5) is 25.5. The molecule has 0 spiro atoms. The highest BCUT2D eigenvalue weighted by atomic mass is 31.2. The number of hydrogen-bond donors (Lipinski definition) is 2. The van der Waals surface area contributed by atoms with Gasteiger partial charge >= 0.3 is 0 Å². The number of aliphatic hydroxyl groups is 1. The summed E-state index contributed by atoms with van der Waals surface area (Å²) in [6.45, 7) is 4.66. The largest absolute Gasteiger partial charge is 0.756 e. The van der Waals surface area contributed by atoms with Crippen LogP contribution in [0.2, 0.25) is 0 Å². The van der Waals surface area contributed by atoms with Crippen molar-refractivity contribution in [3.8, 4) is 0 Å². The van der Waals surface area contributed by atoms with Crippen molar-refractivity contribution in [2.45, 2.75) is 309 Å². The van der Waals surface area contributed by atoms with E-state index in [1.165, 1.54) is 231 Å². The van der Waals surface area contributed by atoms with Crippen LogP contribution >= 0.6 is 7.82 Å². The van der Waals surface area contributed by atoms with Crippen molar-refractivity contribution < 1.29 is 32.9 Å². The van der Waals surface area contributed by atoms with Gasteiger partial charge in [-0.15, -0.1) is 0 Å². The van der Waals surface area contributed by atoms with E-state index in [1.807, 2.05) is 27.2 Å². The molecule has 0 rings (SSSR count). The normalized spacial score (nSPS) is 14.1. The molecule has 2 N–H and O–H groups in total. The number of nitrogens with zero attached hydrogens (tertiary/aromatic N) is 1. The predicted octanol–water partition coefficient (Wildman–Crippen LogP) is 17.9. The Labute approximate surface area is 436 Å². The number of carbonyl (C=O) groups excluding carboxylic acids is 1. The Bertz CT molecular complexity index is 1230. The summed E-state index contributed by atoms with van der Waals surface area (Å²) >= 11 is 0. The van der Waals surface area contributed by atoms with Gasteiger partial charge in [0.1, 0.15) is 13.2 Å². The zero-order valence-electron chi connectivity index (χ0n) is 47.2. The third-order valence-electron chi connectivity index (χ3n) is 13.8. The maximum atomic E-state index is 13.0. The summed E-state index contributed by atoms with van der Waals surface area (Å²) in [6, 6.07) is -0.908. The first-order chi connectivity index (χ1) is 34.0. The molecule has 0 saturated carbocycles. The van der Waals surface area contributed by atoms with Gasteiger partial charge in [-0.3, -0.25) is 9.36 Å². The number of quaternary nitrogens is 1. The molecule has 0 bridgehead atoms. The standard InChI is InChI=1S/C61H119N2O6P/c1-6-8-10-12-14-16-18-20-22-24-26-28-30-31-33-35-37-39-41-43-45-47-49-51-53-55-61(65)62-59(58-69-70(66,67)68-57-56-63(3,4)5)60(64)54-52-50-48-46-44-42-40-38-36-34-32-29-27-25-23-21-19-17-15-13-11-9-7-2/h36,38,44,46,52,54,59-60,64H,6-35,37,39-43,45,47-51,53,55-58H2,1-5H3,(H-,62,65,66,67)/b38-36+,46-44+,54-52+. The van der Waals surface area contributed by atoms with Crippen LogP contribution in [0.15, 0.2) is 36.5 Å². The maximum absolute atomic E-state index is 13.0. The molecule has 0 aliphatic rings. The number of hydrogen-bond acceptors (Lipinski definition) is 6. The Morgan fingerprint density at radius 3 is 1.16 bits per heavy atom. The third-order valence-corrected chi connectivity index (χ3v) is 14.8. The van der Waals surface area contributed by atoms with Gasteiger partial charge in [-0.05, 0) is 44.9 Å². The Morgan fingerprint density at radius 2 is 0.800 bits per heavy atom. The molecule has 0 aromatic heterocycles. The van der Waals surface area contributed by atoms with Gasteiger partial charge in [-0.2, -0.15) is 0 Å². The third kappa shape index (κ3) is 54.5. The lowest BCUT2D eigenvalue weighted by atomic mass is 10.0. The minimum atomic E-state index is -4.61. The van der Waals surface area contributed by atoms with Crippen LogP contribution in [0.3, 0.4) is 0 Å². The number of aliphatic hydroxyl groups excluding tert-OH is 1. The zero-order chi connectivity index (χ0) is 51.3. The molecule has 0 aliphatic heterocycles. The summed E-state index contributed by atoms with van der Waals surface area (Å²) in [5, 5.41) is 13.9. The number of rotatable bonds is 56. The molecule has 0 aliphatic carbocycles. The lowest BCUT2D eigenvalue weighted by molar-refractivity contribution is -0.870. The van der Waals surface area contributed by atoms with Crippen molar-refractivity contribution >= 4 is 13.7 Å². The number of nitrogens with one attached hydrogen (secondary N) is 1. The molecule has 0 saturated heterocycles. The highest BCUT2D eigenvalue weighted by Crippen LogP contribution is 2.38. The second-order valence-electron chi connectivity index (χ2n) is 22.0. The lowest BCUT2D eigenvalue weighted by Gasteiger charge is -2.29. The Kier molecular flexibility index (Phi) is 51.6. The van der Waals surface area contributed by atoms with Crippen molar-refractivity contribution in [2.75, 3.05) is 40.9 Å². The van der Waals surface area contributed by atoms with Gasteiger partial charge < -0.3 is 28.8 Å². The Balaban J connectivity index is 4.22. The van der Waals surface area contributed by atoms with E-state index < -0.39 is 26.6 Å². The molecular formula is C61H119N2O6P. The fraction of sp³-hybridized carbons (Fsp3) is 0.885. The van der Waals surface area contributed by atoms with Crippen LogP contribution < -0.4 is 10.2 Å². The van der Waals surface area contributed by atoms with E-state index in [4.69, 9.17) is 9.05 Å². The second kappa shape index (κ2) is 52.6. The van der Waals surface area contributed by atoms with Crippen molar-refractivity contribution in [3.05, 3.63) is 36.5 Å². The van der Waals surface area contributed by atoms with E-state index >= 15 is 0 Å². The molecule has 8 nitrogen and oxygen atoms in total. The Morgan fingerprint density at radius 1 is 0.486 bits per heavy atom. The number of phosphoric ester groups is 1. The van der Waals surface area contributed by atoms with Gasteiger partial charge in [-0.1, -0.05) is 281 Å². The SMILES string of the molecule is CCCCCCCCCCCCCCC/C=C/CC/C=C/CC/C=C/C(O)C(COP(=O)([O-])OCC[N+](C)(C)C)NC(=O)CCCCCCCCCCCCCCCCCCCCCCCCCCC. The van der Waals surface area contributed by atoms with E-state index in [0.717, 1.165) is 44.9 Å². The number of likely N-dealkylation sites (N-methyl/N-ethyl adjacent to an activating group) is 1.